The van der Waals surface area contributed by atoms with Gasteiger partial charge in [-0.1, -0.05) is 20.3 Å². The van der Waals surface area contributed by atoms with Crippen molar-refractivity contribution in [1.29, 1.82) is 0 Å². The summed E-state index contributed by atoms with van der Waals surface area (Å²) >= 11 is 0. The number of carbonyl (C=O) groups excluding carboxylic acids is 1. The zero-order valence-corrected chi connectivity index (χ0v) is 12.8. The minimum absolute atomic E-state index is 0.0523. The fourth-order valence-electron chi connectivity index (χ4n) is 2.08. The van der Waals surface area contributed by atoms with E-state index in [-0.39, 0.29) is 24.4 Å². The smallest absolute Gasteiger partial charge is 0.279 e. The molecule has 2 N–H and O–H groups in total. The monoisotopic (exact) mass is 291 g/mol. The minimum atomic E-state index is -3.42. The van der Waals surface area contributed by atoms with Crippen molar-refractivity contribution in [3.05, 3.63) is 0 Å². The zero-order valence-electron chi connectivity index (χ0n) is 12.0. The van der Waals surface area contributed by atoms with E-state index in [0.29, 0.717) is 13.1 Å². The lowest BCUT2D eigenvalue weighted by Gasteiger charge is -2.32. The number of piperidine rings is 1. The number of amides is 1. The summed E-state index contributed by atoms with van der Waals surface area (Å²) in [4.78, 5) is 11.3. The van der Waals surface area contributed by atoms with Gasteiger partial charge in [-0.2, -0.15) is 12.7 Å². The van der Waals surface area contributed by atoms with Crippen LogP contribution < -0.4 is 10.0 Å². The van der Waals surface area contributed by atoms with Crippen LogP contribution >= 0.6 is 0 Å². The standard InChI is InChI=1S/C12H25N3O3S/c1-10(2)12(16)13-7-8-14-19(17,18)15-9-5-4-6-11(15)3/h10-11,14H,4-9H2,1-3H3,(H,13,16). The Hall–Kier alpha value is -0.660. The predicted molar refractivity (Wildman–Crippen MR) is 74.8 cm³/mol. The highest BCUT2D eigenvalue weighted by atomic mass is 32.2. The molecule has 1 aliphatic rings. The third-order valence-corrected chi connectivity index (χ3v) is 5.01. The number of nitrogens with one attached hydrogen (secondary N) is 2. The first-order chi connectivity index (χ1) is 8.84. The van der Waals surface area contributed by atoms with Crippen molar-refractivity contribution in [1.82, 2.24) is 14.3 Å². The third-order valence-electron chi connectivity index (χ3n) is 3.28. The molecule has 112 valence electrons. The molecule has 1 unspecified atom stereocenters. The van der Waals surface area contributed by atoms with Crippen LogP contribution in [0.4, 0.5) is 0 Å². The predicted octanol–water partition coefficient (Wildman–Crippen LogP) is 0.467. The van der Waals surface area contributed by atoms with Crippen LogP contribution in [0.3, 0.4) is 0 Å². The molecular weight excluding hydrogens is 266 g/mol. The van der Waals surface area contributed by atoms with Gasteiger partial charge in [0.15, 0.2) is 0 Å². The molecule has 1 fully saturated rings. The molecule has 1 rings (SSSR count). The van der Waals surface area contributed by atoms with E-state index in [4.69, 9.17) is 0 Å². The number of carbonyl (C=O) groups is 1. The molecule has 19 heavy (non-hydrogen) atoms. The Kier molecular flexibility index (Phi) is 6.22. The molecule has 0 aromatic carbocycles. The number of hydrogen-bond acceptors (Lipinski definition) is 3. The summed E-state index contributed by atoms with van der Waals surface area (Å²) in [5, 5.41) is 2.68. The van der Waals surface area contributed by atoms with E-state index in [0.717, 1.165) is 19.3 Å². The Morgan fingerprint density at radius 1 is 1.32 bits per heavy atom. The van der Waals surface area contributed by atoms with Crippen molar-refractivity contribution in [2.24, 2.45) is 5.92 Å². The molecule has 0 bridgehead atoms. The highest BCUT2D eigenvalue weighted by Gasteiger charge is 2.28. The molecule has 7 heteroatoms. The van der Waals surface area contributed by atoms with Gasteiger partial charge in [-0.25, -0.2) is 4.72 Å². The maximum absolute atomic E-state index is 12.1. The molecule has 0 radical (unpaired) electrons. The molecule has 1 heterocycles. The summed E-state index contributed by atoms with van der Waals surface area (Å²) in [6.45, 7) is 6.65. The van der Waals surface area contributed by atoms with Crippen molar-refractivity contribution in [2.75, 3.05) is 19.6 Å². The van der Waals surface area contributed by atoms with Gasteiger partial charge >= 0.3 is 0 Å². The molecular formula is C12H25N3O3S. The average molecular weight is 291 g/mol. The van der Waals surface area contributed by atoms with Crippen molar-refractivity contribution >= 4 is 16.1 Å². The SMILES string of the molecule is CC(C)C(=O)NCCNS(=O)(=O)N1CCCCC1C. The van der Waals surface area contributed by atoms with Crippen molar-refractivity contribution in [3.63, 3.8) is 0 Å². The van der Waals surface area contributed by atoms with Crippen LogP contribution in [0.5, 0.6) is 0 Å². The highest BCUT2D eigenvalue weighted by molar-refractivity contribution is 7.87. The van der Waals surface area contributed by atoms with Crippen LogP contribution in [0.2, 0.25) is 0 Å². The summed E-state index contributed by atoms with van der Waals surface area (Å²) < 4.78 is 28.2. The second-order valence-electron chi connectivity index (χ2n) is 5.30. The topological polar surface area (TPSA) is 78.5 Å². The van der Waals surface area contributed by atoms with Gasteiger partial charge in [0.05, 0.1) is 0 Å². The number of nitrogens with zero attached hydrogens (tertiary/aromatic N) is 1. The van der Waals surface area contributed by atoms with Crippen LogP contribution in [0.15, 0.2) is 0 Å². The maximum atomic E-state index is 12.1. The van der Waals surface area contributed by atoms with E-state index >= 15 is 0 Å². The summed E-state index contributed by atoms with van der Waals surface area (Å²) in [6.07, 6.45) is 2.90. The first-order valence-electron chi connectivity index (χ1n) is 6.88. The minimum Gasteiger partial charge on any atom is -0.355 e. The molecule has 6 nitrogen and oxygen atoms in total. The summed E-state index contributed by atoms with van der Waals surface area (Å²) in [5.41, 5.74) is 0. The number of rotatable bonds is 6. The lowest BCUT2D eigenvalue weighted by Crippen LogP contribution is -2.49. The van der Waals surface area contributed by atoms with E-state index in [1.165, 1.54) is 4.31 Å². The molecule has 1 aliphatic heterocycles. The quantitative estimate of drug-likeness (QED) is 0.698. The zero-order chi connectivity index (χ0) is 14.5. The molecule has 0 aromatic rings. The average Bonchev–Trinajstić information content (AvgIpc) is 2.34. The largest absolute Gasteiger partial charge is 0.355 e. The van der Waals surface area contributed by atoms with E-state index < -0.39 is 10.2 Å². The highest BCUT2D eigenvalue weighted by Crippen LogP contribution is 2.18. The van der Waals surface area contributed by atoms with Gasteiger partial charge < -0.3 is 5.32 Å². The van der Waals surface area contributed by atoms with Gasteiger partial charge in [0, 0.05) is 31.6 Å². The van der Waals surface area contributed by atoms with Crippen LogP contribution in [0.25, 0.3) is 0 Å². The Morgan fingerprint density at radius 2 is 2.00 bits per heavy atom. The fraction of sp³-hybridized carbons (Fsp3) is 0.917. The van der Waals surface area contributed by atoms with Crippen molar-refractivity contribution < 1.29 is 13.2 Å². The summed E-state index contributed by atoms with van der Waals surface area (Å²) in [6, 6.07) is 0.0523. The van der Waals surface area contributed by atoms with Gasteiger partial charge in [-0.3, -0.25) is 4.79 Å². The second kappa shape index (κ2) is 7.21. The van der Waals surface area contributed by atoms with Gasteiger partial charge in [0.2, 0.25) is 5.91 Å². The molecule has 0 saturated carbocycles. The van der Waals surface area contributed by atoms with Gasteiger partial charge in [-0.15, -0.1) is 0 Å². The molecule has 1 amide bonds. The molecule has 1 saturated heterocycles. The molecule has 1 atom stereocenters. The summed E-state index contributed by atoms with van der Waals surface area (Å²) in [5.74, 6) is -0.149. The van der Waals surface area contributed by atoms with Crippen LogP contribution in [-0.4, -0.2) is 44.3 Å². The first kappa shape index (κ1) is 16.4. The van der Waals surface area contributed by atoms with Gasteiger partial charge in [-0.05, 0) is 19.8 Å². The van der Waals surface area contributed by atoms with Crippen molar-refractivity contribution in [3.8, 4) is 0 Å². The molecule has 0 spiro atoms. The second-order valence-corrected chi connectivity index (χ2v) is 7.01. The van der Waals surface area contributed by atoms with E-state index in [9.17, 15) is 13.2 Å². The van der Waals surface area contributed by atoms with Crippen LogP contribution in [0, 0.1) is 5.92 Å². The van der Waals surface area contributed by atoms with Gasteiger partial charge in [0.1, 0.15) is 0 Å². The Balaban J connectivity index is 2.36. The normalized spacial score (nSPS) is 21.6. The third kappa shape index (κ3) is 5.08. The Labute approximate surface area is 116 Å². The van der Waals surface area contributed by atoms with E-state index in [1.807, 2.05) is 6.92 Å². The molecule has 0 aromatic heterocycles. The fourth-order valence-corrected chi connectivity index (χ4v) is 3.56. The van der Waals surface area contributed by atoms with Crippen LogP contribution in [0.1, 0.15) is 40.0 Å². The Bertz CT molecular complexity index is 395. The van der Waals surface area contributed by atoms with Gasteiger partial charge in [0.25, 0.3) is 10.2 Å². The summed E-state index contributed by atoms with van der Waals surface area (Å²) in [7, 11) is -3.42. The maximum Gasteiger partial charge on any atom is 0.279 e. The molecule has 0 aliphatic carbocycles. The first-order valence-corrected chi connectivity index (χ1v) is 8.32. The lowest BCUT2D eigenvalue weighted by molar-refractivity contribution is -0.123. The van der Waals surface area contributed by atoms with Crippen LogP contribution in [-0.2, 0) is 15.0 Å². The Morgan fingerprint density at radius 3 is 2.58 bits per heavy atom. The van der Waals surface area contributed by atoms with E-state index in [1.54, 1.807) is 13.8 Å². The van der Waals surface area contributed by atoms with E-state index in [2.05, 4.69) is 10.0 Å². The van der Waals surface area contributed by atoms with Crippen molar-refractivity contribution in [2.45, 2.75) is 46.1 Å². The lowest BCUT2D eigenvalue weighted by atomic mass is 10.1. The number of hydrogen-bond donors (Lipinski definition) is 2.